The van der Waals surface area contributed by atoms with Gasteiger partial charge in [0.1, 0.15) is 21.5 Å². The van der Waals surface area contributed by atoms with Gasteiger partial charge in [-0.3, -0.25) is 4.57 Å². The summed E-state index contributed by atoms with van der Waals surface area (Å²) in [6.45, 7) is 5.57. The largest absolute Gasteiger partial charge is 0.444 e. The third kappa shape index (κ3) is 4.23. The molecule has 0 fully saturated rings. The number of nitrogens with one attached hydrogen (secondary N) is 1. The lowest BCUT2D eigenvalue weighted by atomic mass is 10.1. The molecular weight excluding hydrogens is 496 g/mol. The summed E-state index contributed by atoms with van der Waals surface area (Å²) in [5, 5.41) is 3.00. The van der Waals surface area contributed by atoms with Crippen molar-refractivity contribution < 1.29 is 9.53 Å². The SMILES string of the molecule is CC(C)(C)OC(=O)NC1CCc2cc(-n3c(-c4cccnc4N)nc4ccc(Br)nc43)ccc21. The van der Waals surface area contributed by atoms with Crippen LogP contribution in [0.2, 0.25) is 0 Å². The molecule has 4 aromatic rings. The number of aromatic nitrogens is 4. The van der Waals surface area contributed by atoms with E-state index in [0.29, 0.717) is 17.3 Å². The number of imidazole rings is 1. The van der Waals surface area contributed by atoms with Crippen LogP contribution in [0.1, 0.15) is 44.4 Å². The van der Waals surface area contributed by atoms with Crippen molar-refractivity contribution in [1.29, 1.82) is 0 Å². The number of nitrogens with zero attached hydrogens (tertiary/aromatic N) is 4. The standard InChI is InChI=1S/C25H25BrN6O2/c1-25(2,3)34-24(33)30-18-9-6-14-13-15(7-8-16(14)18)32-22(17-5-4-12-28-21(17)27)29-19-10-11-20(26)31-23(19)32/h4-5,7-8,10-13,18H,6,9H2,1-3H3,(H2,27,28)(H,30,33). The molecule has 1 aliphatic carbocycles. The minimum Gasteiger partial charge on any atom is -0.444 e. The molecule has 174 valence electrons. The van der Waals surface area contributed by atoms with Crippen molar-refractivity contribution >= 4 is 39.0 Å². The van der Waals surface area contributed by atoms with Crippen molar-refractivity contribution in [2.24, 2.45) is 0 Å². The van der Waals surface area contributed by atoms with Crippen LogP contribution in [0.15, 0.2) is 53.3 Å². The van der Waals surface area contributed by atoms with Crippen molar-refractivity contribution in [1.82, 2.24) is 24.8 Å². The Kier molecular flexibility index (Phi) is 5.51. The second kappa shape index (κ2) is 8.39. The van der Waals surface area contributed by atoms with E-state index in [1.54, 1.807) is 6.20 Å². The number of halogens is 1. The second-order valence-electron chi connectivity index (χ2n) is 9.30. The van der Waals surface area contributed by atoms with Crippen molar-refractivity contribution in [2.75, 3.05) is 5.73 Å². The molecule has 0 saturated heterocycles. The zero-order valence-corrected chi connectivity index (χ0v) is 20.8. The molecule has 0 bridgehead atoms. The highest BCUT2D eigenvalue weighted by atomic mass is 79.9. The lowest BCUT2D eigenvalue weighted by Gasteiger charge is -2.22. The van der Waals surface area contributed by atoms with Crippen LogP contribution in [0.3, 0.4) is 0 Å². The third-order valence-corrected chi connectivity index (χ3v) is 6.15. The summed E-state index contributed by atoms with van der Waals surface area (Å²) in [5.74, 6) is 1.08. The number of fused-ring (bicyclic) bond motifs is 2. The summed E-state index contributed by atoms with van der Waals surface area (Å²) in [4.78, 5) is 26.1. The Balaban J connectivity index is 1.57. The number of carbonyl (C=O) groups is 1. The number of rotatable bonds is 3. The maximum atomic E-state index is 12.3. The van der Waals surface area contributed by atoms with Crippen LogP contribution >= 0.6 is 15.9 Å². The summed E-state index contributed by atoms with van der Waals surface area (Å²) in [5.41, 5.74) is 11.1. The minimum atomic E-state index is -0.538. The van der Waals surface area contributed by atoms with E-state index < -0.39 is 11.7 Å². The van der Waals surface area contributed by atoms with Crippen molar-refractivity contribution in [2.45, 2.75) is 45.3 Å². The molecule has 1 amide bonds. The fourth-order valence-electron chi connectivity index (χ4n) is 4.31. The van der Waals surface area contributed by atoms with E-state index in [-0.39, 0.29) is 6.04 Å². The molecule has 8 nitrogen and oxygen atoms in total. The fourth-order valence-corrected chi connectivity index (χ4v) is 4.61. The maximum Gasteiger partial charge on any atom is 0.408 e. The van der Waals surface area contributed by atoms with E-state index in [1.165, 1.54) is 5.56 Å². The lowest BCUT2D eigenvalue weighted by molar-refractivity contribution is 0.0503. The predicted octanol–water partition coefficient (Wildman–Crippen LogP) is 5.34. The molecule has 1 aliphatic rings. The summed E-state index contributed by atoms with van der Waals surface area (Å²) in [6.07, 6.45) is 2.92. The molecule has 1 atom stereocenters. The van der Waals surface area contributed by atoms with Crippen LogP contribution in [-0.2, 0) is 11.2 Å². The highest BCUT2D eigenvalue weighted by Crippen LogP contribution is 2.36. The summed E-state index contributed by atoms with van der Waals surface area (Å²) < 4.78 is 8.16. The number of pyridine rings is 2. The van der Waals surface area contributed by atoms with Gasteiger partial charge in [0.2, 0.25) is 0 Å². The van der Waals surface area contributed by atoms with Crippen LogP contribution in [0, 0.1) is 0 Å². The number of carbonyl (C=O) groups excluding carboxylic acids is 1. The number of amides is 1. The Morgan fingerprint density at radius 1 is 1.21 bits per heavy atom. The molecule has 0 saturated carbocycles. The van der Waals surface area contributed by atoms with Gasteiger partial charge in [-0.25, -0.2) is 19.7 Å². The van der Waals surface area contributed by atoms with Gasteiger partial charge < -0.3 is 15.8 Å². The normalized spacial score (nSPS) is 15.4. The Morgan fingerprint density at radius 2 is 2.03 bits per heavy atom. The smallest absolute Gasteiger partial charge is 0.408 e. The van der Waals surface area contributed by atoms with E-state index in [1.807, 2.05) is 55.7 Å². The van der Waals surface area contributed by atoms with Gasteiger partial charge in [0.05, 0.1) is 11.6 Å². The molecule has 3 heterocycles. The number of aryl methyl sites for hydroxylation is 1. The van der Waals surface area contributed by atoms with Crippen LogP contribution < -0.4 is 11.1 Å². The second-order valence-corrected chi connectivity index (χ2v) is 10.1. The molecule has 3 N–H and O–H groups in total. The average molecular weight is 521 g/mol. The monoisotopic (exact) mass is 520 g/mol. The van der Waals surface area contributed by atoms with E-state index in [9.17, 15) is 4.79 Å². The number of alkyl carbamates (subject to hydrolysis) is 1. The van der Waals surface area contributed by atoms with Crippen LogP contribution in [0.4, 0.5) is 10.6 Å². The van der Waals surface area contributed by atoms with Crippen LogP contribution in [0.25, 0.3) is 28.2 Å². The Morgan fingerprint density at radius 3 is 2.79 bits per heavy atom. The highest BCUT2D eigenvalue weighted by molar-refractivity contribution is 9.10. The van der Waals surface area contributed by atoms with E-state index >= 15 is 0 Å². The van der Waals surface area contributed by atoms with Crippen LogP contribution in [0.5, 0.6) is 0 Å². The molecule has 1 unspecified atom stereocenters. The number of nitrogens with two attached hydrogens (primary N) is 1. The summed E-state index contributed by atoms with van der Waals surface area (Å²) in [6, 6.07) is 13.7. The van der Waals surface area contributed by atoms with Gasteiger partial charge in [-0.05, 0) is 97.1 Å². The predicted molar refractivity (Wildman–Crippen MR) is 135 cm³/mol. The van der Waals surface area contributed by atoms with Gasteiger partial charge in [0, 0.05) is 11.9 Å². The van der Waals surface area contributed by atoms with Gasteiger partial charge in [0.25, 0.3) is 0 Å². The lowest BCUT2D eigenvalue weighted by Crippen LogP contribution is -2.34. The fraction of sp³-hybridized carbons (Fsp3) is 0.280. The molecule has 34 heavy (non-hydrogen) atoms. The van der Waals surface area contributed by atoms with Gasteiger partial charge in [-0.2, -0.15) is 0 Å². The number of nitrogen functional groups attached to an aromatic ring is 1. The van der Waals surface area contributed by atoms with Crippen molar-refractivity contribution in [3.8, 4) is 17.1 Å². The maximum absolute atomic E-state index is 12.3. The molecule has 0 spiro atoms. The van der Waals surface area contributed by atoms with E-state index in [0.717, 1.165) is 39.8 Å². The number of hydrogen-bond donors (Lipinski definition) is 2. The molecule has 0 radical (unpaired) electrons. The number of ether oxygens (including phenoxy) is 1. The van der Waals surface area contributed by atoms with Gasteiger partial charge in [-0.1, -0.05) is 6.07 Å². The first-order chi connectivity index (χ1) is 16.2. The summed E-state index contributed by atoms with van der Waals surface area (Å²) in [7, 11) is 0. The molecule has 3 aromatic heterocycles. The first-order valence-corrected chi connectivity index (χ1v) is 11.9. The average Bonchev–Trinajstić information content (AvgIpc) is 3.33. The first kappa shape index (κ1) is 22.3. The van der Waals surface area contributed by atoms with E-state index in [4.69, 9.17) is 20.4 Å². The zero-order valence-electron chi connectivity index (χ0n) is 19.2. The number of anilines is 1. The first-order valence-electron chi connectivity index (χ1n) is 11.1. The van der Waals surface area contributed by atoms with E-state index in [2.05, 4.69) is 38.4 Å². The molecule has 5 rings (SSSR count). The Hall–Kier alpha value is -3.46. The van der Waals surface area contributed by atoms with Crippen molar-refractivity contribution in [3.05, 3.63) is 64.4 Å². The number of hydrogen-bond acceptors (Lipinski definition) is 6. The Labute approximate surface area is 205 Å². The van der Waals surface area contributed by atoms with Gasteiger partial charge in [0.15, 0.2) is 11.5 Å². The third-order valence-electron chi connectivity index (χ3n) is 5.70. The molecule has 0 aliphatic heterocycles. The van der Waals surface area contributed by atoms with Crippen LogP contribution in [-0.4, -0.2) is 31.2 Å². The molecular formula is C25H25BrN6O2. The van der Waals surface area contributed by atoms with Gasteiger partial charge >= 0.3 is 6.09 Å². The summed E-state index contributed by atoms with van der Waals surface area (Å²) >= 11 is 3.48. The van der Waals surface area contributed by atoms with Crippen molar-refractivity contribution in [3.63, 3.8) is 0 Å². The number of benzene rings is 1. The quantitative estimate of drug-likeness (QED) is 0.353. The minimum absolute atomic E-state index is 0.0841. The molecule has 1 aromatic carbocycles. The topological polar surface area (TPSA) is 108 Å². The zero-order chi connectivity index (χ0) is 24.0. The highest BCUT2D eigenvalue weighted by Gasteiger charge is 2.27. The molecule has 9 heteroatoms. The Bertz CT molecular complexity index is 1410. The van der Waals surface area contributed by atoms with Gasteiger partial charge in [-0.15, -0.1) is 0 Å².